The molecule has 2 aromatic heterocycles. The highest BCUT2D eigenvalue weighted by Crippen LogP contribution is 2.51. The number of aromatic nitrogens is 4. The van der Waals surface area contributed by atoms with E-state index in [0.717, 1.165) is 18.4 Å². The fourth-order valence-corrected chi connectivity index (χ4v) is 5.98. The molecule has 1 unspecified atom stereocenters. The molecule has 3 aromatic rings. The van der Waals surface area contributed by atoms with Gasteiger partial charge in [0.25, 0.3) is 5.56 Å². The summed E-state index contributed by atoms with van der Waals surface area (Å²) in [5.74, 6) is -0.545. The molecule has 2 fully saturated rings. The lowest BCUT2D eigenvalue weighted by Crippen LogP contribution is -2.62. The molecule has 1 aromatic carbocycles. The number of carbonyl (C=O) groups is 1. The zero-order chi connectivity index (χ0) is 26.3. The molecule has 8 nitrogen and oxygen atoms in total. The minimum absolute atomic E-state index is 0.00319. The van der Waals surface area contributed by atoms with Gasteiger partial charge in [-0.05, 0) is 24.8 Å². The summed E-state index contributed by atoms with van der Waals surface area (Å²) < 4.78 is 41.0. The molecule has 5 rings (SSSR count). The number of alkyl halides is 3. The largest absolute Gasteiger partial charge is 0.389 e. The first-order valence-corrected chi connectivity index (χ1v) is 12.6. The van der Waals surface area contributed by atoms with Crippen molar-refractivity contribution in [2.75, 3.05) is 13.1 Å². The minimum atomic E-state index is -4.39. The maximum atomic E-state index is 13.4. The third-order valence-corrected chi connectivity index (χ3v) is 8.04. The summed E-state index contributed by atoms with van der Waals surface area (Å²) in [6.07, 6.45) is -0.0452. The van der Waals surface area contributed by atoms with Gasteiger partial charge in [0.1, 0.15) is 11.7 Å². The van der Waals surface area contributed by atoms with Crippen LogP contribution in [0.5, 0.6) is 0 Å². The van der Waals surface area contributed by atoms with E-state index in [1.165, 1.54) is 22.0 Å². The van der Waals surface area contributed by atoms with Gasteiger partial charge in [0.2, 0.25) is 5.91 Å². The normalized spacial score (nSPS) is 21.7. The van der Waals surface area contributed by atoms with Crippen molar-refractivity contribution in [3.05, 3.63) is 58.8 Å². The summed E-state index contributed by atoms with van der Waals surface area (Å²) in [6.45, 7) is 0.809. The molecule has 3 heterocycles. The SMILES string of the molecule is O=C(CCC(F)(F)F)N1CCC(O)(Cn2cnc3c(cnn3Cc3ccccc3)c2=O)C2(CCCC2)C1. The van der Waals surface area contributed by atoms with Crippen molar-refractivity contribution in [3.63, 3.8) is 0 Å². The number of halogens is 3. The molecule has 1 amide bonds. The van der Waals surface area contributed by atoms with Crippen LogP contribution in [0.4, 0.5) is 13.2 Å². The number of amides is 1. The van der Waals surface area contributed by atoms with Gasteiger partial charge in [0.05, 0.1) is 31.3 Å². The molecule has 2 aliphatic rings. The van der Waals surface area contributed by atoms with Crippen LogP contribution in [0.1, 0.15) is 50.5 Å². The molecule has 11 heteroatoms. The number of rotatable bonds is 6. The Bertz CT molecular complexity index is 1330. The van der Waals surface area contributed by atoms with Crippen molar-refractivity contribution in [3.8, 4) is 0 Å². The van der Waals surface area contributed by atoms with Crippen molar-refractivity contribution in [1.29, 1.82) is 0 Å². The molecule has 198 valence electrons. The monoisotopic (exact) mass is 517 g/mol. The Hall–Kier alpha value is -3.21. The van der Waals surface area contributed by atoms with Gasteiger partial charge in [0, 0.05) is 24.9 Å². The molecular formula is C26H30F3N5O3. The van der Waals surface area contributed by atoms with Crippen molar-refractivity contribution in [1.82, 2.24) is 24.2 Å². The number of fused-ring (bicyclic) bond motifs is 1. The molecule has 0 radical (unpaired) electrons. The summed E-state index contributed by atoms with van der Waals surface area (Å²) in [5, 5.41) is 16.6. The van der Waals surface area contributed by atoms with E-state index in [9.17, 15) is 27.9 Å². The van der Waals surface area contributed by atoms with Gasteiger partial charge in [-0.1, -0.05) is 43.2 Å². The molecule has 1 N–H and O–H groups in total. The smallest absolute Gasteiger partial charge is 0.387 e. The van der Waals surface area contributed by atoms with Crippen molar-refractivity contribution in [2.45, 2.75) is 69.8 Å². The second-order valence-corrected chi connectivity index (χ2v) is 10.4. The van der Waals surface area contributed by atoms with E-state index in [-0.39, 0.29) is 31.6 Å². The lowest BCUT2D eigenvalue weighted by atomic mass is 9.65. The van der Waals surface area contributed by atoms with Crippen LogP contribution in [0.3, 0.4) is 0 Å². The van der Waals surface area contributed by atoms with E-state index in [1.54, 1.807) is 4.68 Å². The van der Waals surface area contributed by atoms with Crippen molar-refractivity contribution < 1.29 is 23.1 Å². The van der Waals surface area contributed by atoms with Crippen LogP contribution in [-0.4, -0.2) is 60.1 Å². The molecule has 1 atom stereocenters. The van der Waals surface area contributed by atoms with E-state index in [2.05, 4.69) is 10.1 Å². The fraction of sp³-hybridized carbons (Fsp3) is 0.538. The average Bonchev–Trinajstić information content (AvgIpc) is 3.50. The van der Waals surface area contributed by atoms with Crippen LogP contribution < -0.4 is 5.56 Å². The third-order valence-electron chi connectivity index (χ3n) is 8.04. The van der Waals surface area contributed by atoms with Crippen LogP contribution in [0.2, 0.25) is 0 Å². The van der Waals surface area contributed by atoms with Crippen molar-refractivity contribution >= 4 is 16.9 Å². The quantitative estimate of drug-likeness (QED) is 0.540. The Balaban J connectivity index is 1.37. The van der Waals surface area contributed by atoms with Gasteiger partial charge >= 0.3 is 6.18 Å². The Morgan fingerprint density at radius 1 is 1.11 bits per heavy atom. The van der Waals surface area contributed by atoms with Gasteiger partial charge in [-0.2, -0.15) is 18.3 Å². The maximum absolute atomic E-state index is 13.4. The molecule has 1 spiro atoms. The topological polar surface area (TPSA) is 93.2 Å². The van der Waals surface area contributed by atoms with E-state index in [0.29, 0.717) is 30.4 Å². The zero-order valence-corrected chi connectivity index (χ0v) is 20.5. The average molecular weight is 518 g/mol. The van der Waals surface area contributed by atoms with Crippen LogP contribution in [-0.2, 0) is 17.9 Å². The number of carbonyl (C=O) groups excluding carboxylic acids is 1. The molecule has 1 saturated carbocycles. The van der Waals surface area contributed by atoms with Gasteiger partial charge in [-0.15, -0.1) is 0 Å². The molecule has 37 heavy (non-hydrogen) atoms. The third kappa shape index (κ3) is 5.01. The Morgan fingerprint density at radius 2 is 1.84 bits per heavy atom. The summed E-state index contributed by atoms with van der Waals surface area (Å²) >= 11 is 0. The molecule has 0 bridgehead atoms. The van der Waals surface area contributed by atoms with Crippen LogP contribution in [0.25, 0.3) is 11.0 Å². The molecule has 1 aliphatic heterocycles. The number of hydrogen-bond donors (Lipinski definition) is 1. The molecule has 1 saturated heterocycles. The Kier molecular flexibility index (Phi) is 6.59. The number of hydrogen-bond acceptors (Lipinski definition) is 5. The second kappa shape index (κ2) is 9.59. The van der Waals surface area contributed by atoms with Gasteiger partial charge < -0.3 is 10.0 Å². The lowest BCUT2D eigenvalue weighted by molar-refractivity contribution is -0.166. The predicted octanol–water partition coefficient (Wildman–Crippen LogP) is 3.51. The van der Waals surface area contributed by atoms with E-state index in [1.807, 2.05) is 30.3 Å². The Labute approximate surface area is 211 Å². The zero-order valence-electron chi connectivity index (χ0n) is 20.5. The number of nitrogens with zero attached hydrogens (tertiary/aromatic N) is 5. The van der Waals surface area contributed by atoms with Gasteiger partial charge in [-0.3, -0.25) is 14.2 Å². The molecular weight excluding hydrogens is 487 g/mol. The minimum Gasteiger partial charge on any atom is -0.387 e. The predicted molar refractivity (Wildman–Crippen MR) is 130 cm³/mol. The first-order chi connectivity index (χ1) is 17.6. The second-order valence-electron chi connectivity index (χ2n) is 10.4. The van der Waals surface area contributed by atoms with E-state index in [4.69, 9.17) is 0 Å². The van der Waals surface area contributed by atoms with E-state index < -0.39 is 35.9 Å². The van der Waals surface area contributed by atoms with Crippen LogP contribution in [0, 0.1) is 5.41 Å². The first kappa shape index (κ1) is 25.4. The summed E-state index contributed by atoms with van der Waals surface area (Å²) in [4.78, 5) is 31.9. The van der Waals surface area contributed by atoms with E-state index >= 15 is 0 Å². The van der Waals surface area contributed by atoms with Crippen LogP contribution in [0.15, 0.2) is 47.7 Å². The first-order valence-electron chi connectivity index (χ1n) is 12.6. The fourth-order valence-electron chi connectivity index (χ4n) is 5.98. The van der Waals surface area contributed by atoms with Gasteiger partial charge in [0.15, 0.2) is 5.65 Å². The highest BCUT2D eigenvalue weighted by atomic mass is 19.4. The maximum Gasteiger partial charge on any atom is 0.389 e. The van der Waals surface area contributed by atoms with Gasteiger partial charge in [-0.25, -0.2) is 9.67 Å². The standard InChI is InChI=1S/C26H30F3N5O3/c27-26(28,29)11-8-21(35)32-13-12-25(37,24(16-32)9-4-5-10-24)17-33-18-30-22-20(23(33)36)14-31-34(22)15-19-6-2-1-3-7-19/h1-3,6-7,14,18,37H,4-5,8-13,15-17H2. The summed E-state index contributed by atoms with van der Waals surface area (Å²) in [5.41, 5.74) is -0.797. The number of likely N-dealkylation sites (tertiary alicyclic amines) is 1. The number of benzene rings is 1. The highest BCUT2D eigenvalue weighted by Gasteiger charge is 2.55. The molecule has 1 aliphatic carbocycles. The van der Waals surface area contributed by atoms with Crippen molar-refractivity contribution in [2.24, 2.45) is 5.41 Å². The lowest BCUT2D eigenvalue weighted by Gasteiger charge is -2.52. The number of piperidine rings is 1. The number of aliphatic hydroxyl groups is 1. The Morgan fingerprint density at radius 3 is 2.54 bits per heavy atom. The highest BCUT2D eigenvalue weighted by molar-refractivity contribution is 5.76. The summed E-state index contributed by atoms with van der Waals surface area (Å²) in [6, 6.07) is 9.70. The van der Waals surface area contributed by atoms with Crippen LogP contribution >= 0.6 is 0 Å². The summed E-state index contributed by atoms with van der Waals surface area (Å²) in [7, 11) is 0.